The maximum Gasteiger partial charge on any atom is 0.0787 e. The molecule has 90 valence electrons. The van der Waals surface area contributed by atoms with Crippen molar-refractivity contribution in [3.8, 4) is 0 Å². The van der Waals surface area contributed by atoms with E-state index in [1.807, 2.05) is 43.1 Å². The Bertz CT molecular complexity index is 308. The Balaban J connectivity index is 2.70. The molecule has 0 aliphatic rings. The number of rotatable bonds is 5. The van der Waals surface area contributed by atoms with Crippen LogP contribution in [0.5, 0.6) is 0 Å². The van der Waals surface area contributed by atoms with Gasteiger partial charge in [0.1, 0.15) is 0 Å². The molecule has 1 aromatic carbocycles. The fourth-order valence-corrected chi connectivity index (χ4v) is 1.69. The normalized spacial score (nSPS) is 14.6. The minimum absolute atomic E-state index is 0.342. The lowest BCUT2D eigenvalue weighted by Gasteiger charge is -2.21. The van der Waals surface area contributed by atoms with E-state index in [-0.39, 0.29) is 12.2 Å². The molecule has 0 saturated heterocycles. The van der Waals surface area contributed by atoms with Crippen LogP contribution in [-0.2, 0) is 0 Å². The SMILES string of the molecule is CCC(O)c1ccc(N(C)CC(C)O)cc1. The monoisotopic (exact) mass is 223 g/mol. The summed E-state index contributed by atoms with van der Waals surface area (Å²) in [7, 11) is 1.94. The first-order valence-corrected chi connectivity index (χ1v) is 5.71. The van der Waals surface area contributed by atoms with Crippen molar-refractivity contribution in [2.45, 2.75) is 32.5 Å². The first kappa shape index (κ1) is 13.0. The van der Waals surface area contributed by atoms with Crippen LogP contribution in [0.15, 0.2) is 24.3 Å². The second kappa shape index (κ2) is 5.87. The van der Waals surface area contributed by atoms with Gasteiger partial charge in [-0.1, -0.05) is 19.1 Å². The molecule has 0 heterocycles. The van der Waals surface area contributed by atoms with Gasteiger partial charge in [-0.05, 0) is 31.0 Å². The van der Waals surface area contributed by atoms with Crippen molar-refractivity contribution in [1.29, 1.82) is 0 Å². The molecule has 16 heavy (non-hydrogen) atoms. The number of hydrogen-bond donors (Lipinski definition) is 2. The molecule has 1 aromatic rings. The minimum atomic E-state index is -0.379. The Labute approximate surface area is 97.3 Å². The Kier molecular flexibility index (Phi) is 4.77. The molecule has 2 N–H and O–H groups in total. The van der Waals surface area contributed by atoms with Gasteiger partial charge in [0.25, 0.3) is 0 Å². The summed E-state index contributed by atoms with van der Waals surface area (Å²) in [5.41, 5.74) is 1.99. The summed E-state index contributed by atoms with van der Waals surface area (Å²) in [5.74, 6) is 0. The van der Waals surface area contributed by atoms with E-state index in [4.69, 9.17) is 0 Å². The van der Waals surface area contributed by atoms with Crippen LogP contribution < -0.4 is 4.90 Å². The molecule has 1 rings (SSSR count). The predicted octanol–water partition coefficient (Wildman–Crippen LogP) is 1.95. The first-order valence-electron chi connectivity index (χ1n) is 5.71. The van der Waals surface area contributed by atoms with E-state index in [0.717, 1.165) is 17.7 Å². The molecule has 0 fully saturated rings. The molecule has 0 aliphatic carbocycles. The van der Waals surface area contributed by atoms with Crippen molar-refractivity contribution in [2.24, 2.45) is 0 Å². The van der Waals surface area contributed by atoms with Crippen LogP contribution in [0.4, 0.5) is 5.69 Å². The smallest absolute Gasteiger partial charge is 0.0787 e. The summed E-state index contributed by atoms with van der Waals surface area (Å²) in [6.45, 7) is 4.33. The van der Waals surface area contributed by atoms with Crippen LogP contribution in [0.2, 0.25) is 0 Å². The first-order chi connectivity index (χ1) is 7.54. The van der Waals surface area contributed by atoms with Crippen LogP contribution >= 0.6 is 0 Å². The second-order valence-corrected chi connectivity index (χ2v) is 4.25. The average Bonchev–Trinajstić information content (AvgIpc) is 2.27. The fraction of sp³-hybridized carbons (Fsp3) is 0.538. The van der Waals surface area contributed by atoms with Gasteiger partial charge in [-0.25, -0.2) is 0 Å². The molecule has 0 aliphatic heterocycles. The quantitative estimate of drug-likeness (QED) is 0.802. The van der Waals surface area contributed by atoms with Crippen molar-refractivity contribution in [1.82, 2.24) is 0 Å². The number of aliphatic hydroxyl groups excluding tert-OH is 2. The number of likely N-dealkylation sites (N-methyl/N-ethyl adjacent to an activating group) is 1. The van der Waals surface area contributed by atoms with E-state index in [1.54, 1.807) is 6.92 Å². The lowest BCUT2D eigenvalue weighted by Crippen LogP contribution is -2.26. The standard InChI is InChI=1S/C13H21NO2/c1-4-13(16)11-5-7-12(8-6-11)14(3)9-10(2)15/h5-8,10,13,15-16H,4,9H2,1-3H3. The van der Waals surface area contributed by atoms with Gasteiger partial charge in [-0.3, -0.25) is 0 Å². The highest BCUT2D eigenvalue weighted by molar-refractivity contribution is 5.47. The van der Waals surface area contributed by atoms with Gasteiger partial charge in [0.2, 0.25) is 0 Å². The van der Waals surface area contributed by atoms with Crippen LogP contribution in [0, 0.1) is 0 Å². The molecule has 0 amide bonds. The molecular weight excluding hydrogens is 202 g/mol. The van der Waals surface area contributed by atoms with E-state index in [0.29, 0.717) is 6.54 Å². The van der Waals surface area contributed by atoms with E-state index in [9.17, 15) is 10.2 Å². The van der Waals surface area contributed by atoms with Crippen molar-refractivity contribution < 1.29 is 10.2 Å². The molecule has 0 aromatic heterocycles. The fourth-order valence-electron chi connectivity index (χ4n) is 1.69. The zero-order valence-corrected chi connectivity index (χ0v) is 10.2. The maximum atomic E-state index is 9.65. The summed E-state index contributed by atoms with van der Waals surface area (Å²) in [6, 6.07) is 7.80. The van der Waals surface area contributed by atoms with Gasteiger partial charge in [-0.15, -0.1) is 0 Å². The van der Waals surface area contributed by atoms with Crippen LogP contribution in [-0.4, -0.2) is 29.9 Å². The maximum absolute atomic E-state index is 9.65. The van der Waals surface area contributed by atoms with Crippen molar-refractivity contribution in [2.75, 3.05) is 18.5 Å². The summed E-state index contributed by atoms with van der Waals surface area (Å²) < 4.78 is 0. The molecule has 0 radical (unpaired) electrons. The molecule has 2 unspecified atom stereocenters. The van der Waals surface area contributed by atoms with Crippen LogP contribution in [0.3, 0.4) is 0 Å². The number of hydrogen-bond acceptors (Lipinski definition) is 3. The largest absolute Gasteiger partial charge is 0.392 e. The molecule has 2 atom stereocenters. The third-order valence-electron chi connectivity index (χ3n) is 2.64. The Hall–Kier alpha value is -1.06. The van der Waals surface area contributed by atoms with Crippen molar-refractivity contribution in [3.05, 3.63) is 29.8 Å². The number of anilines is 1. The molecule has 0 bridgehead atoms. The van der Waals surface area contributed by atoms with E-state index >= 15 is 0 Å². The predicted molar refractivity (Wildman–Crippen MR) is 66.6 cm³/mol. The van der Waals surface area contributed by atoms with Gasteiger partial charge in [0.15, 0.2) is 0 Å². The Morgan fingerprint density at radius 2 is 1.75 bits per heavy atom. The van der Waals surface area contributed by atoms with Crippen molar-refractivity contribution in [3.63, 3.8) is 0 Å². The average molecular weight is 223 g/mol. The Morgan fingerprint density at radius 1 is 1.19 bits per heavy atom. The summed E-state index contributed by atoms with van der Waals surface area (Å²) >= 11 is 0. The number of nitrogens with zero attached hydrogens (tertiary/aromatic N) is 1. The Morgan fingerprint density at radius 3 is 2.19 bits per heavy atom. The minimum Gasteiger partial charge on any atom is -0.392 e. The zero-order valence-electron chi connectivity index (χ0n) is 10.2. The van der Waals surface area contributed by atoms with Crippen LogP contribution in [0.1, 0.15) is 31.9 Å². The summed E-state index contributed by atoms with van der Waals surface area (Å²) in [6.07, 6.45) is 0.00472. The van der Waals surface area contributed by atoms with E-state index < -0.39 is 0 Å². The third kappa shape index (κ3) is 3.51. The third-order valence-corrected chi connectivity index (χ3v) is 2.64. The lowest BCUT2D eigenvalue weighted by molar-refractivity contribution is 0.173. The topological polar surface area (TPSA) is 43.7 Å². The molecule has 3 heteroatoms. The highest BCUT2D eigenvalue weighted by Gasteiger charge is 2.07. The lowest BCUT2D eigenvalue weighted by atomic mass is 10.1. The molecule has 0 saturated carbocycles. The highest BCUT2D eigenvalue weighted by Crippen LogP contribution is 2.20. The summed E-state index contributed by atoms with van der Waals surface area (Å²) in [4.78, 5) is 1.99. The van der Waals surface area contributed by atoms with Gasteiger partial charge in [-0.2, -0.15) is 0 Å². The molecule has 0 spiro atoms. The number of benzene rings is 1. The molecular formula is C13H21NO2. The molecule has 3 nitrogen and oxygen atoms in total. The highest BCUT2D eigenvalue weighted by atomic mass is 16.3. The number of aliphatic hydroxyl groups is 2. The van der Waals surface area contributed by atoms with Gasteiger partial charge < -0.3 is 15.1 Å². The van der Waals surface area contributed by atoms with Gasteiger partial charge in [0.05, 0.1) is 12.2 Å². The summed E-state index contributed by atoms with van der Waals surface area (Å²) in [5, 5.41) is 18.9. The van der Waals surface area contributed by atoms with Gasteiger partial charge in [0, 0.05) is 19.3 Å². The van der Waals surface area contributed by atoms with Crippen LogP contribution in [0.25, 0.3) is 0 Å². The van der Waals surface area contributed by atoms with E-state index in [2.05, 4.69) is 0 Å². The van der Waals surface area contributed by atoms with E-state index in [1.165, 1.54) is 0 Å². The zero-order chi connectivity index (χ0) is 12.1. The van der Waals surface area contributed by atoms with Crippen molar-refractivity contribution >= 4 is 5.69 Å². The van der Waals surface area contributed by atoms with Gasteiger partial charge >= 0.3 is 0 Å². The second-order valence-electron chi connectivity index (χ2n) is 4.25.